The van der Waals surface area contributed by atoms with Crippen LogP contribution in [0.2, 0.25) is 5.02 Å². The molecule has 0 bridgehead atoms. The van der Waals surface area contributed by atoms with Crippen LogP contribution in [0.15, 0.2) is 16.6 Å². The molecule has 0 aliphatic heterocycles. The quantitative estimate of drug-likeness (QED) is 0.495. The molecule has 0 spiro atoms. The van der Waals surface area contributed by atoms with E-state index in [0.717, 1.165) is 0 Å². The topological polar surface area (TPSA) is 38.0 Å². The second-order valence-corrected chi connectivity index (χ2v) is 5.96. The molecule has 0 heterocycles. The van der Waals surface area contributed by atoms with Crippen LogP contribution in [0.1, 0.15) is 32.4 Å². The predicted octanol–water partition coefficient (Wildman–Crippen LogP) is 3.79. The summed E-state index contributed by atoms with van der Waals surface area (Å²) in [4.78, 5) is 0. The molecule has 0 aromatic heterocycles. The molecule has 5 heteroatoms. The minimum atomic E-state index is -0.436. The highest BCUT2D eigenvalue weighted by molar-refractivity contribution is 9.10. The third kappa shape index (κ3) is 2.74. The highest BCUT2D eigenvalue weighted by Gasteiger charge is 2.28. The molecule has 0 amide bonds. The number of rotatable bonds is 2. The second-order valence-electron chi connectivity index (χ2n) is 4.73. The van der Waals surface area contributed by atoms with Gasteiger partial charge in [-0.1, -0.05) is 38.4 Å². The third-order valence-electron chi connectivity index (χ3n) is 2.41. The summed E-state index contributed by atoms with van der Waals surface area (Å²) in [5.41, 5.74) is 2.91. The number of nitrogens with one attached hydrogen (secondary N) is 1. The maximum atomic E-state index is 14.0. The predicted molar refractivity (Wildman–Crippen MR) is 68.6 cm³/mol. The fourth-order valence-electron chi connectivity index (χ4n) is 1.57. The van der Waals surface area contributed by atoms with E-state index in [4.69, 9.17) is 17.4 Å². The summed E-state index contributed by atoms with van der Waals surface area (Å²) in [5.74, 6) is 5.04. The molecule has 1 atom stereocenters. The van der Waals surface area contributed by atoms with Crippen molar-refractivity contribution < 1.29 is 4.39 Å². The Hall–Kier alpha value is -0.160. The Morgan fingerprint density at radius 3 is 2.44 bits per heavy atom. The lowest BCUT2D eigenvalue weighted by Crippen LogP contribution is -2.37. The van der Waals surface area contributed by atoms with Crippen molar-refractivity contribution >= 4 is 27.5 Å². The first-order valence-corrected chi connectivity index (χ1v) is 6.05. The third-order valence-corrected chi connectivity index (χ3v) is 3.67. The highest BCUT2D eigenvalue weighted by atomic mass is 79.9. The molecule has 0 saturated heterocycles. The average Bonchev–Trinajstić information content (AvgIpc) is 2.17. The first-order chi connectivity index (χ1) is 7.29. The standard InChI is InChI=1S/C11H15BrClFN2/c1-11(2,3)10(16-15)6-4-5-7(12)8(13)9(6)14/h4-5,10,16H,15H2,1-3H3. The molecule has 1 rings (SSSR count). The first kappa shape index (κ1) is 13.9. The van der Waals surface area contributed by atoms with Crippen molar-refractivity contribution in [3.8, 4) is 0 Å². The van der Waals surface area contributed by atoms with Gasteiger partial charge in [0.1, 0.15) is 5.82 Å². The van der Waals surface area contributed by atoms with Crippen LogP contribution in [0.25, 0.3) is 0 Å². The zero-order valence-corrected chi connectivity index (χ0v) is 11.8. The van der Waals surface area contributed by atoms with E-state index in [1.165, 1.54) is 0 Å². The molecule has 1 aromatic rings. The van der Waals surface area contributed by atoms with Crippen molar-refractivity contribution in [3.63, 3.8) is 0 Å². The molecule has 1 aromatic carbocycles. The Labute approximate surface area is 108 Å². The van der Waals surface area contributed by atoms with Crippen LogP contribution >= 0.6 is 27.5 Å². The smallest absolute Gasteiger partial charge is 0.147 e. The van der Waals surface area contributed by atoms with E-state index in [-0.39, 0.29) is 16.5 Å². The molecular formula is C11H15BrClFN2. The fourth-order valence-corrected chi connectivity index (χ4v) is 2.05. The van der Waals surface area contributed by atoms with Crippen molar-refractivity contribution in [2.45, 2.75) is 26.8 Å². The van der Waals surface area contributed by atoms with Crippen molar-refractivity contribution in [2.75, 3.05) is 0 Å². The lowest BCUT2D eigenvalue weighted by atomic mass is 9.82. The van der Waals surface area contributed by atoms with Crippen molar-refractivity contribution in [1.82, 2.24) is 5.43 Å². The van der Waals surface area contributed by atoms with Gasteiger partial charge in [0, 0.05) is 10.0 Å². The van der Waals surface area contributed by atoms with Crippen LogP contribution < -0.4 is 11.3 Å². The average molecular weight is 310 g/mol. The summed E-state index contributed by atoms with van der Waals surface area (Å²) >= 11 is 9.02. The van der Waals surface area contributed by atoms with Gasteiger partial charge in [-0.2, -0.15) is 0 Å². The fraction of sp³-hybridized carbons (Fsp3) is 0.455. The molecule has 90 valence electrons. The van der Waals surface area contributed by atoms with Crippen LogP contribution in [0, 0.1) is 11.2 Å². The monoisotopic (exact) mass is 308 g/mol. The summed E-state index contributed by atoms with van der Waals surface area (Å²) in [7, 11) is 0. The Morgan fingerprint density at radius 2 is 2.00 bits per heavy atom. The molecule has 0 aliphatic rings. The molecule has 0 fully saturated rings. The van der Waals surface area contributed by atoms with Gasteiger partial charge in [-0.25, -0.2) is 4.39 Å². The van der Waals surface area contributed by atoms with E-state index in [0.29, 0.717) is 10.0 Å². The van der Waals surface area contributed by atoms with Crippen LogP contribution in [0.4, 0.5) is 4.39 Å². The van der Waals surface area contributed by atoms with Gasteiger partial charge < -0.3 is 0 Å². The first-order valence-electron chi connectivity index (χ1n) is 4.88. The van der Waals surface area contributed by atoms with Gasteiger partial charge in [-0.3, -0.25) is 11.3 Å². The zero-order chi connectivity index (χ0) is 12.5. The Bertz CT molecular complexity index is 390. The van der Waals surface area contributed by atoms with Crippen LogP contribution in [0.3, 0.4) is 0 Å². The number of benzene rings is 1. The lowest BCUT2D eigenvalue weighted by Gasteiger charge is -2.30. The summed E-state index contributed by atoms with van der Waals surface area (Å²) in [5, 5.41) is 0.0852. The Kier molecular flexibility index (Phi) is 4.35. The molecule has 2 nitrogen and oxygen atoms in total. The van der Waals surface area contributed by atoms with Gasteiger partial charge in [0.25, 0.3) is 0 Å². The summed E-state index contributed by atoms with van der Waals surface area (Å²) in [6.07, 6.45) is 0. The Morgan fingerprint density at radius 1 is 1.44 bits per heavy atom. The lowest BCUT2D eigenvalue weighted by molar-refractivity contribution is 0.269. The molecule has 0 aliphatic carbocycles. The molecule has 16 heavy (non-hydrogen) atoms. The van der Waals surface area contributed by atoms with Crippen LogP contribution in [-0.2, 0) is 0 Å². The summed E-state index contributed by atoms with van der Waals surface area (Å²) < 4.78 is 14.5. The van der Waals surface area contributed by atoms with E-state index in [2.05, 4.69) is 21.4 Å². The van der Waals surface area contributed by atoms with Gasteiger partial charge in [0.15, 0.2) is 0 Å². The number of hydrazine groups is 1. The van der Waals surface area contributed by atoms with Crippen LogP contribution in [0.5, 0.6) is 0 Å². The van der Waals surface area contributed by atoms with E-state index >= 15 is 0 Å². The summed E-state index contributed by atoms with van der Waals surface area (Å²) in [6.45, 7) is 5.94. The van der Waals surface area contributed by atoms with Gasteiger partial charge in [-0.15, -0.1) is 0 Å². The molecular weight excluding hydrogens is 294 g/mol. The van der Waals surface area contributed by atoms with Crippen molar-refractivity contribution in [1.29, 1.82) is 0 Å². The van der Waals surface area contributed by atoms with Crippen molar-refractivity contribution in [2.24, 2.45) is 11.3 Å². The molecule has 0 radical (unpaired) electrons. The Balaban J connectivity index is 3.27. The summed E-state index contributed by atoms with van der Waals surface area (Å²) in [6, 6.07) is 3.11. The van der Waals surface area contributed by atoms with Crippen molar-refractivity contribution in [3.05, 3.63) is 33.0 Å². The van der Waals surface area contributed by atoms with Gasteiger partial charge in [-0.05, 0) is 27.4 Å². The number of hydrogen-bond donors (Lipinski definition) is 2. The minimum Gasteiger partial charge on any atom is -0.271 e. The number of halogens is 3. The number of hydrogen-bond acceptors (Lipinski definition) is 2. The maximum Gasteiger partial charge on any atom is 0.147 e. The molecule has 3 N–H and O–H groups in total. The van der Waals surface area contributed by atoms with E-state index in [1.807, 2.05) is 20.8 Å². The molecule has 1 unspecified atom stereocenters. The SMILES string of the molecule is CC(C)(C)C(NN)c1ccc(Br)c(Cl)c1F. The normalized spacial score (nSPS) is 13.9. The van der Waals surface area contributed by atoms with Gasteiger partial charge in [0.2, 0.25) is 0 Å². The van der Waals surface area contributed by atoms with E-state index in [9.17, 15) is 4.39 Å². The highest BCUT2D eigenvalue weighted by Crippen LogP contribution is 2.37. The largest absolute Gasteiger partial charge is 0.271 e. The number of nitrogens with two attached hydrogens (primary N) is 1. The van der Waals surface area contributed by atoms with E-state index < -0.39 is 5.82 Å². The van der Waals surface area contributed by atoms with Gasteiger partial charge in [0.05, 0.1) is 11.1 Å². The zero-order valence-electron chi connectivity index (χ0n) is 9.44. The molecule has 0 saturated carbocycles. The minimum absolute atomic E-state index is 0.0852. The van der Waals surface area contributed by atoms with Gasteiger partial charge >= 0.3 is 0 Å². The second kappa shape index (κ2) is 5.00. The van der Waals surface area contributed by atoms with Crippen LogP contribution in [-0.4, -0.2) is 0 Å². The maximum absolute atomic E-state index is 14.0. The van der Waals surface area contributed by atoms with E-state index in [1.54, 1.807) is 12.1 Å².